The molecule has 0 fully saturated rings. The minimum absolute atomic E-state index is 0.0174. The maximum atomic E-state index is 10.7. The molecule has 1 aromatic heterocycles. The number of aromatic nitrogens is 2. The molecule has 0 spiro atoms. The number of rotatable bonds is 2. The first-order valence-corrected chi connectivity index (χ1v) is 7.22. The van der Waals surface area contributed by atoms with Crippen molar-refractivity contribution in [3.8, 4) is 11.1 Å². The van der Waals surface area contributed by atoms with Crippen LogP contribution in [0.5, 0.6) is 0 Å². The molecule has 3 heteroatoms. The Morgan fingerprint density at radius 3 is 1.59 bits per heavy atom. The summed E-state index contributed by atoms with van der Waals surface area (Å²) in [6.07, 6.45) is 0. The molecule has 0 bridgehead atoms. The Kier molecular flexibility index (Phi) is 5.26. The van der Waals surface area contributed by atoms with E-state index >= 15 is 0 Å². The normalized spacial score (nSPS) is 9.77. The number of imidazole rings is 1. The molecular weight excluding hydrogens is 272 g/mol. The molecule has 3 rings (SSSR count). The summed E-state index contributed by atoms with van der Waals surface area (Å²) in [6, 6.07) is 20.8. The topological polar surface area (TPSA) is 45.8 Å². The zero-order valence-corrected chi connectivity index (χ0v) is 13.1. The molecule has 1 heterocycles. The average molecular weight is 292 g/mol. The zero-order valence-electron chi connectivity index (χ0n) is 13.1. The number of benzene rings is 2. The Hall–Kier alpha value is -2.68. The fourth-order valence-electron chi connectivity index (χ4n) is 1.98. The van der Waals surface area contributed by atoms with Gasteiger partial charge >= 0.3 is 0 Å². The van der Waals surface area contributed by atoms with Crippen LogP contribution >= 0.6 is 0 Å². The van der Waals surface area contributed by atoms with Gasteiger partial charge in [0.25, 0.3) is 0 Å². The van der Waals surface area contributed by atoms with E-state index in [1.54, 1.807) is 0 Å². The quantitative estimate of drug-likeness (QED) is 0.702. The van der Waals surface area contributed by atoms with Crippen molar-refractivity contribution >= 4 is 5.78 Å². The van der Waals surface area contributed by atoms with Gasteiger partial charge in [0.2, 0.25) is 0 Å². The van der Waals surface area contributed by atoms with Crippen molar-refractivity contribution in [2.45, 2.75) is 20.8 Å². The molecule has 0 aliphatic rings. The van der Waals surface area contributed by atoms with E-state index in [-0.39, 0.29) is 5.78 Å². The second-order valence-corrected chi connectivity index (χ2v) is 5.08. The SMILES string of the molecule is CC(=O)c1nc(C)c(C)[nH]1.c1ccc(-c2ccccc2)cc1. The Morgan fingerprint density at radius 1 is 0.864 bits per heavy atom. The third-order valence-corrected chi connectivity index (χ3v) is 3.34. The van der Waals surface area contributed by atoms with Crippen LogP contribution in [-0.4, -0.2) is 15.8 Å². The van der Waals surface area contributed by atoms with Crippen molar-refractivity contribution in [1.82, 2.24) is 9.97 Å². The smallest absolute Gasteiger partial charge is 0.194 e. The number of nitrogens with one attached hydrogen (secondary N) is 1. The lowest BCUT2D eigenvalue weighted by atomic mass is 10.1. The highest BCUT2D eigenvalue weighted by atomic mass is 16.1. The molecule has 0 unspecified atom stereocenters. The van der Waals surface area contributed by atoms with E-state index in [0.29, 0.717) is 5.82 Å². The lowest BCUT2D eigenvalue weighted by molar-refractivity contribution is 0.100. The van der Waals surface area contributed by atoms with Crippen LogP contribution in [0.15, 0.2) is 60.7 Å². The van der Waals surface area contributed by atoms with Crippen LogP contribution in [0.2, 0.25) is 0 Å². The average Bonchev–Trinajstić information content (AvgIpc) is 2.89. The zero-order chi connectivity index (χ0) is 15.9. The number of Topliss-reactive ketones (excluding diaryl/α,β-unsaturated/α-hetero) is 1. The van der Waals surface area contributed by atoms with Crippen molar-refractivity contribution < 1.29 is 4.79 Å². The standard InChI is InChI=1S/C12H10.C7H10N2O/c1-3-7-11(8-4-1)12-9-5-2-6-10-12;1-4-5(2)9-7(8-4)6(3)10/h1-10H;1-3H3,(H,8,9). The van der Waals surface area contributed by atoms with E-state index in [1.807, 2.05) is 26.0 Å². The molecule has 1 N–H and O–H groups in total. The highest BCUT2D eigenvalue weighted by molar-refractivity contribution is 5.90. The number of H-pyrrole nitrogens is 1. The summed E-state index contributed by atoms with van der Waals surface area (Å²) >= 11 is 0. The number of ketones is 1. The van der Waals surface area contributed by atoms with Crippen LogP contribution in [0.1, 0.15) is 28.9 Å². The van der Waals surface area contributed by atoms with Gasteiger partial charge in [-0.2, -0.15) is 0 Å². The fourth-order valence-corrected chi connectivity index (χ4v) is 1.98. The molecular formula is C19H20N2O. The molecule has 0 saturated heterocycles. The first-order chi connectivity index (χ1) is 10.6. The Balaban J connectivity index is 0.000000164. The summed E-state index contributed by atoms with van der Waals surface area (Å²) in [7, 11) is 0. The lowest BCUT2D eigenvalue weighted by Gasteiger charge is -1.98. The van der Waals surface area contributed by atoms with Crippen molar-refractivity contribution in [3.63, 3.8) is 0 Å². The first-order valence-electron chi connectivity index (χ1n) is 7.22. The highest BCUT2D eigenvalue weighted by Crippen LogP contribution is 2.17. The predicted molar refractivity (Wildman–Crippen MR) is 89.9 cm³/mol. The summed E-state index contributed by atoms with van der Waals surface area (Å²) in [5.41, 5.74) is 4.41. The summed E-state index contributed by atoms with van der Waals surface area (Å²) in [5.74, 6) is 0.436. The second-order valence-electron chi connectivity index (χ2n) is 5.08. The maximum Gasteiger partial charge on any atom is 0.194 e. The molecule has 0 atom stereocenters. The highest BCUT2D eigenvalue weighted by Gasteiger charge is 2.04. The summed E-state index contributed by atoms with van der Waals surface area (Å²) in [6.45, 7) is 5.27. The van der Waals surface area contributed by atoms with Gasteiger partial charge in [-0.3, -0.25) is 4.79 Å². The van der Waals surface area contributed by atoms with Crippen LogP contribution < -0.4 is 0 Å². The van der Waals surface area contributed by atoms with E-state index in [9.17, 15) is 4.79 Å². The van der Waals surface area contributed by atoms with Gasteiger partial charge in [-0.15, -0.1) is 0 Å². The first kappa shape index (κ1) is 15.7. The number of nitrogens with zero attached hydrogens (tertiary/aromatic N) is 1. The monoisotopic (exact) mass is 292 g/mol. The number of aryl methyl sites for hydroxylation is 2. The minimum Gasteiger partial charge on any atom is -0.339 e. The van der Waals surface area contributed by atoms with Crippen LogP contribution in [0, 0.1) is 13.8 Å². The van der Waals surface area contributed by atoms with Gasteiger partial charge in [0.15, 0.2) is 11.6 Å². The van der Waals surface area contributed by atoms with Gasteiger partial charge in [-0.25, -0.2) is 4.98 Å². The second kappa shape index (κ2) is 7.36. The fraction of sp³-hybridized carbons (Fsp3) is 0.158. The van der Waals surface area contributed by atoms with Crippen LogP contribution in [0.25, 0.3) is 11.1 Å². The van der Waals surface area contributed by atoms with Gasteiger partial charge in [0, 0.05) is 12.6 Å². The van der Waals surface area contributed by atoms with Gasteiger partial charge < -0.3 is 4.98 Å². The van der Waals surface area contributed by atoms with Gasteiger partial charge in [-0.1, -0.05) is 60.7 Å². The van der Waals surface area contributed by atoms with E-state index in [2.05, 4.69) is 58.5 Å². The molecule has 2 aromatic carbocycles. The number of hydrogen-bond donors (Lipinski definition) is 1. The molecule has 22 heavy (non-hydrogen) atoms. The van der Waals surface area contributed by atoms with Crippen LogP contribution in [-0.2, 0) is 0 Å². The predicted octanol–water partition coefficient (Wildman–Crippen LogP) is 4.58. The molecule has 112 valence electrons. The lowest BCUT2D eigenvalue weighted by Crippen LogP contribution is -1.93. The van der Waals surface area contributed by atoms with E-state index in [4.69, 9.17) is 0 Å². The third-order valence-electron chi connectivity index (χ3n) is 3.34. The van der Waals surface area contributed by atoms with Crippen molar-refractivity contribution in [2.75, 3.05) is 0 Å². The number of carbonyl (C=O) groups is 1. The van der Waals surface area contributed by atoms with Gasteiger partial charge in [-0.05, 0) is 25.0 Å². The minimum atomic E-state index is -0.0174. The molecule has 0 radical (unpaired) electrons. The van der Waals surface area contributed by atoms with Crippen molar-refractivity contribution in [3.05, 3.63) is 77.9 Å². The molecule has 3 aromatic rings. The molecule has 0 saturated carbocycles. The Bertz CT molecular complexity index is 674. The summed E-state index contributed by atoms with van der Waals surface area (Å²) in [4.78, 5) is 17.6. The van der Waals surface area contributed by atoms with Gasteiger partial charge in [0.05, 0.1) is 5.69 Å². The number of hydrogen-bond acceptors (Lipinski definition) is 2. The van der Waals surface area contributed by atoms with Gasteiger partial charge in [0.1, 0.15) is 0 Å². The number of aromatic amines is 1. The van der Waals surface area contributed by atoms with Crippen molar-refractivity contribution in [1.29, 1.82) is 0 Å². The molecule has 0 aliphatic heterocycles. The number of carbonyl (C=O) groups excluding carboxylic acids is 1. The van der Waals surface area contributed by atoms with E-state index in [0.717, 1.165) is 11.4 Å². The third kappa shape index (κ3) is 4.16. The van der Waals surface area contributed by atoms with Crippen molar-refractivity contribution in [2.24, 2.45) is 0 Å². The summed E-state index contributed by atoms with van der Waals surface area (Å²) in [5, 5.41) is 0. The molecule has 0 aliphatic carbocycles. The molecule has 3 nitrogen and oxygen atoms in total. The van der Waals surface area contributed by atoms with E-state index in [1.165, 1.54) is 18.1 Å². The van der Waals surface area contributed by atoms with Crippen LogP contribution in [0.4, 0.5) is 0 Å². The molecule has 0 amide bonds. The Morgan fingerprint density at radius 2 is 1.32 bits per heavy atom. The largest absolute Gasteiger partial charge is 0.339 e. The van der Waals surface area contributed by atoms with Crippen LogP contribution in [0.3, 0.4) is 0 Å². The summed E-state index contributed by atoms with van der Waals surface area (Å²) < 4.78 is 0. The Labute approximate surface area is 131 Å². The van der Waals surface area contributed by atoms with E-state index < -0.39 is 0 Å². The maximum absolute atomic E-state index is 10.7.